The third-order valence-corrected chi connectivity index (χ3v) is 17.2. The molecule has 4 saturated carbocycles. The summed E-state index contributed by atoms with van der Waals surface area (Å²) in [6.07, 6.45) is -13.4. The Morgan fingerprint density at radius 1 is 0.707 bits per heavy atom. The van der Waals surface area contributed by atoms with Crippen molar-refractivity contribution in [1.29, 1.82) is 0 Å². The molecule has 0 spiro atoms. The highest BCUT2D eigenvalue weighted by Gasteiger charge is 2.70. The SMILES string of the molecule is CC1(C)C(O[C@@H]2OC(C(=O)[O-])[C@H](O)[C@H](O)C2O[C@@H]2OC(C(=O)[O-])[C@H](O)[C@H](O)C2O)CC[C@@]2(C)C1CC[C@]1(C)C2C(=O)C=C2C3C[C@@](C)(C(=O)[O-])CC[C@]3(C)CC[C@]21C. The fourth-order valence-electron chi connectivity index (χ4n) is 13.3. The molecule has 8 unspecified atom stereocenters. The van der Waals surface area contributed by atoms with Crippen molar-refractivity contribution in [2.24, 2.45) is 50.2 Å². The standard InChI is InChI=1S/C42H62O16/c1-37(2)21-8-11-42(7)31(20(43)16-18-19-17-39(4,36(53)54)13-12-38(19,3)14-15-41(18,42)6)40(21,5)10-9-22(37)55-35-30(26(47)25(46)29(57-35)33(51)52)58-34-27(48)23(44)24(45)28(56-34)32(49)50/h16,19,21-31,34-35,44-48H,8-15,17H2,1-7H3,(H,49,50)(H,51,52)(H,53,54)/p-3/t19?,21?,22?,23-,24+,25+,26-,27?,28?,29?,30?,31?,34-,35+,38+,39-,40-,41+,42+/m0/s1. The molecule has 58 heavy (non-hydrogen) atoms. The molecule has 7 aliphatic rings. The van der Waals surface area contributed by atoms with Crippen molar-refractivity contribution in [1.82, 2.24) is 0 Å². The lowest BCUT2D eigenvalue weighted by Crippen LogP contribution is -2.68. The van der Waals surface area contributed by atoms with E-state index in [1.54, 1.807) is 6.92 Å². The smallest absolute Gasteiger partial charge is 0.187 e. The van der Waals surface area contributed by atoms with Gasteiger partial charge in [-0.1, -0.05) is 54.0 Å². The number of hydrogen-bond donors (Lipinski definition) is 5. The Balaban J connectivity index is 1.17. The molecule has 5 aliphatic carbocycles. The summed E-state index contributed by atoms with van der Waals surface area (Å²) >= 11 is 0. The number of aliphatic carboxylic acids is 3. The van der Waals surface area contributed by atoms with Crippen molar-refractivity contribution in [2.75, 3.05) is 0 Å². The summed E-state index contributed by atoms with van der Waals surface area (Å²) < 4.78 is 23.1. The van der Waals surface area contributed by atoms with Crippen LogP contribution < -0.4 is 15.3 Å². The zero-order valence-corrected chi connectivity index (χ0v) is 34.3. The number of carboxylic acid groups (broad SMARTS) is 3. The number of fused-ring (bicyclic) bond motifs is 7. The topological polar surface area (TPSA) is 276 Å². The minimum atomic E-state index is -2.16. The number of allylic oxidation sites excluding steroid dienone is 2. The lowest BCUT2D eigenvalue weighted by atomic mass is 9.33. The van der Waals surface area contributed by atoms with Gasteiger partial charge in [-0.05, 0) is 103 Å². The molecule has 2 heterocycles. The Morgan fingerprint density at radius 3 is 1.90 bits per heavy atom. The van der Waals surface area contributed by atoms with E-state index < -0.39 is 107 Å². The van der Waals surface area contributed by atoms with Crippen molar-refractivity contribution < 1.29 is 79.0 Å². The molecular formula is C42H59O16-3. The van der Waals surface area contributed by atoms with Gasteiger partial charge in [0, 0.05) is 17.3 Å². The van der Waals surface area contributed by atoms with E-state index in [-0.39, 0.29) is 34.4 Å². The maximum Gasteiger partial charge on any atom is 0.187 e. The van der Waals surface area contributed by atoms with Gasteiger partial charge in [0.2, 0.25) is 0 Å². The van der Waals surface area contributed by atoms with Gasteiger partial charge >= 0.3 is 0 Å². The Labute approximate surface area is 337 Å². The van der Waals surface area contributed by atoms with Gasteiger partial charge in [0.15, 0.2) is 18.4 Å². The highest BCUT2D eigenvalue weighted by atomic mass is 16.8. The molecule has 7 rings (SSSR count). The summed E-state index contributed by atoms with van der Waals surface area (Å²) in [6, 6.07) is 0. The Hall–Kier alpha value is -2.54. The molecule has 0 bridgehead atoms. The number of hydrogen-bond acceptors (Lipinski definition) is 16. The second kappa shape index (κ2) is 14.3. The molecular weight excluding hydrogens is 760 g/mol. The van der Waals surface area contributed by atoms with E-state index in [0.717, 1.165) is 24.8 Å². The molecule has 0 radical (unpaired) electrons. The highest BCUT2D eigenvalue weighted by molar-refractivity contribution is 5.95. The van der Waals surface area contributed by atoms with E-state index >= 15 is 0 Å². The average Bonchev–Trinajstić information content (AvgIpc) is 3.13. The molecule has 6 fully saturated rings. The molecule has 16 heteroatoms. The van der Waals surface area contributed by atoms with Crippen LogP contribution in [0.4, 0.5) is 0 Å². The minimum Gasteiger partial charge on any atom is -0.550 e. The average molecular weight is 820 g/mol. The van der Waals surface area contributed by atoms with Crippen LogP contribution in [0.3, 0.4) is 0 Å². The van der Waals surface area contributed by atoms with E-state index in [1.165, 1.54) is 0 Å². The number of carbonyl (C=O) groups excluding carboxylic acids is 4. The second-order valence-electron chi connectivity index (χ2n) is 20.6. The van der Waals surface area contributed by atoms with E-state index in [9.17, 15) is 60.0 Å². The van der Waals surface area contributed by atoms with E-state index in [2.05, 4.69) is 27.7 Å². The summed E-state index contributed by atoms with van der Waals surface area (Å²) in [6.45, 7) is 14.6. The number of aliphatic hydroxyl groups excluding tert-OH is 5. The number of carbonyl (C=O) groups is 4. The van der Waals surface area contributed by atoms with E-state index in [1.807, 2.05) is 19.9 Å². The Bertz CT molecular complexity index is 1730. The van der Waals surface area contributed by atoms with Crippen molar-refractivity contribution in [3.8, 4) is 0 Å². The molecule has 16 nitrogen and oxygen atoms in total. The predicted octanol–water partition coefficient (Wildman–Crippen LogP) is -1.76. The third kappa shape index (κ3) is 6.25. The van der Waals surface area contributed by atoms with Crippen LogP contribution in [0.5, 0.6) is 0 Å². The fourth-order valence-corrected chi connectivity index (χ4v) is 13.3. The maximum absolute atomic E-state index is 14.8. The quantitative estimate of drug-likeness (QED) is 0.178. The summed E-state index contributed by atoms with van der Waals surface area (Å²) in [5.74, 6) is -5.37. The number of rotatable bonds is 7. The fraction of sp³-hybridized carbons (Fsp3) is 0.857. The van der Waals surface area contributed by atoms with Crippen LogP contribution in [-0.2, 0) is 38.1 Å². The predicted molar refractivity (Wildman–Crippen MR) is 192 cm³/mol. The molecule has 326 valence electrons. The van der Waals surface area contributed by atoms with Crippen LogP contribution in [0.15, 0.2) is 11.6 Å². The van der Waals surface area contributed by atoms with Crippen LogP contribution in [-0.4, -0.2) is 117 Å². The summed E-state index contributed by atoms with van der Waals surface area (Å²) in [4.78, 5) is 50.9. The van der Waals surface area contributed by atoms with Crippen molar-refractivity contribution >= 4 is 23.7 Å². The van der Waals surface area contributed by atoms with Gasteiger partial charge in [-0.25, -0.2) is 0 Å². The first-order valence-electron chi connectivity index (χ1n) is 20.7. The van der Waals surface area contributed by atoms with Crippen LogP contribution in [0.1, 0.15) is 106 Å². The molecule has 5 N–H and O–H groups in total. The zero-order chi connectivity index (χ0) is 42.9. The highest BCUT2D eigenvalue weighted by Crippen LogP contribution is 2.75. The van der Waals surface area contributed by atoms with Crippen molar-refractivity contribution in [3.05, 3.63) is 11.6 Å². The molecule has 2 aliphatic heterocycles. The molecule has 0 aromatic rings. The Morgan fingerprint density at radius 2 is 1.29 bits per heavy atom. The van der Waals surface area contributed by atoms with Crippen molar-refractivity contribution in [3.63, 3.8) is 0 Å². The van der Waals surface area contributed by atoms with E-state index in [0.29, 0.717) is 38.5 Å². The van der Waals surface area contributed by atoms with Crippen LogP contribution in [0, 0.1) is 50.2 Å². The molecule has 19 atom stereocenters. The zero-order valence-electron chi connectivity index (χ0n) is 34.3. The number of ether oxygens (including phenoxy) is 4. The van der Waals surface area contributed by atoms with Crippen molar-refractivity contribution in [2.45, 2.75) is 174 Å². The number of aliphatic hydroxyl groups is 5. The third-order valence-electron chi connectivity index (χ3n) is 17.2. The van der Waals surface area contributed by atoms with Gasteiger partial charge in [0.25, 0.3) is 0 Å². The van der Waals surface area contributed by atoms with Gasteiger partial charge < -0.3 is 74.2 Å². The number of ketones is 1. The lowest BCUT2D eigenvalue weighted by molar-refractivity contribution is -0.391. The van der Waals surface area contributed by atoms with Gasteiger partial charge in [0.05, 0.1) is 18.0 Å². The maximum atomic E-state index is 14.8. The summed E-state index contributed by atoms with van der Waals surface area (Å²) in [5.41, 5.74) is -2.11. The van der Waals surface area contributed by atoms with Gasteiger partial charge in [-0.15, -0.1) is 0 Å². The van der Waals surface area contributed by atoms with Crippen LogP contribution >= 0.6 is 0 Å². The number of carboxylic acids is 3. The van der Waals surface area contributed by atoms with Gasteiger partial charge in [-0.2, -0.15) is 0 Å². The van der Waals surface area contributed by atoms with E-state index in [4.69, 9.17) is 18.9 Å². The molecule has 2 saturated heterocycles. The largest absolute Gasteiger partial charge is 0.550 e. The van der Waals surface area contributed by atoms with Crippen LogP contribution in [0.25, 0.3) is 0 Å². The monoisotopic (exact) mass is 819 g/mol. The second-order valence-corrected chi connectivity index (χ2v) is 20.6. The van der Waals surface area contributed by atoms with Gasteiger partial charge in [0.1, 0.15) is 48.8 Å². The first kappa shape index (κ1) is 43.5. The molecule has 0 aromatic heterocycles. The summed E-state index contributed by atoms with van der Waals surface area (Å²) in [5, 5.41) is 89.2. The van der Waals surface area contributed by atoms with Crippen LogP contribution in [0.2, 0.25) is 0 Å². The molecule has 0 amide bonds. The normalized spacial score (nSPS) is 52.6. The first-order valence-corrected chi connectivity index (χ1v) is 20.7. The Kier molecular flexibility index (Phi) is 10.7. The first-order chi connectivity index (χ1) is 26.8. The van der Waals surface area contributed by atoms with Gasteiger partial charge in [-0.3, -0.25) is 4.79 Å². The lowest BCUT2D eigenvalue weighted by Gasteiger charge is -2.70. The minimum absolute atomic E-state index is 0.0357. The molecule has 0 aromatic carbocycles. The summed E-state index contributed by atoms with van der Waals surface area (Å²) in [7, 11) is 0.